The van der Waals surface area contributed by atoms with E-state index in [1.54, 1.807) is 11.3 Å². The second-order valence-electron chi connectivity index (χ2n) is 8.35. The van der Waals surface area contributed by atoms with Gasteiger partial charge in [0.15, 0.2) is 0 Å². The van der Waals surface area contributed by atoms with Gasteiger partial charge in [0.1, 0.15) is 11.4 Å². The molecule has 1 fully saturated rings. The molecular weight excluding hydrogens is 452 g/mol. The fraction of sp³-hybridized carbons (Fsp3) is 0.231. The zero-order valence-electron chi connectivity index (χ0n) is 18.7. The SMILES string of the molecule is Cc1ccc(-n2nc(-c3cccs3)cc2C(=O)N2CCN(c3cccc(Cl)c3)CC2)c(C)c1. The van der Waals surface area contributed by atoms with Crippen molar-refractivity contribution in [2.24, 2.45) is 0 Å². The molecule has 0 bridgehead atoms. The lowest BCUT2D eigenvalue weighted by molar-refractivity contribution is 0.0737. The van der Waals surface area contributed by atoms with E-state index in [0.29, 0.717) is 18.8 Å². The van der Waals surface area contributed by atoms with Gasteiger partial charge in [-0.15, -0.1) is 11.3 Å². The molecule has 2 aromatic heterocycles. The van der Waals surface area contributed by atoms with E-state index >= 15 is 0 Å². The van der Waals surface area contributed by atoms with Crippen LogP contribution in [-0.4, -0.2) is 46.8 Å². The highest BCUT2D eigenvalue weighted by atomic mass is 35.5. The molecule has 0 radical (unpaired) electrons. The third kappa shape index (κ3) is 4.41. The number of benzene rings is 2. The second-order valence-corrected chi connectivity index (χ2v) is 9.74. The number of thiophene rings is 1. The fourth-order valence-corrected chi connectivity index (χ4v) is 5.17. The highest BCUT2D eigenvalue weighted by Crippen LogP contribution is 2.28. The van der Waals surface area contributed by atoms with Crippen molar-refractivity contribution in [3.8, 4) is 16.3 Å². The largest absolute Gasteiger partial charge is 0.368 e. The minimum Gasteiger partial charge on any atom is -0.368 e. The number of carbonyl (C=O) groups is 1. The van der Waals surface area contributed by atoms with Crippen molar-refractivity contribution < 1.29 is 4.79 Å². The Labute approximate surface area is 202 Å². The zero-order chi connectivity index (χ0) is 22.9. The minimum atomic E-state index is 0.0102. The van der Waals surface area contributed by atoms with Crippen LogP contribution >= 0.6 is 22.9 Å². The van der Waals surface area contributed by atoms with Crippen LogP contribution in [0, 0.1) is 13.8 Å². The lowest BCUT2D eigenvalue weighted by atomic mass is 10.1. The topological polar surface area (TPSA) is 41.4 Å². The molecule has 0 unspecified atom stereocenters. The van der Waals surface area contributed by atoms with Crippen LogP contribution < -0.4 is 4.90 Å². The molecule has 7 heteroatoms. The first-order chi connectivity index (χ1) is 16.0. The molecule has 0 atom stereocenters. The summed E-state index contributed by atoms with van der Waals surface area (Å²) in [6.07, 6.45) is 0. The summed E-state index contributed by atoms with van der Waals surface area (Å²) in [5, 5.41) is 7.61. The Morgan fingerprint density at radius 1 is 0.970 bits per heavy atom. The molecule has 1 aliphatic rings. The molecule has 33 heavy (non-hydrogen) atoms. The molecule has 0 aliphatic carbocycles. The predicted octanol–water partition coefficient (Wildman–Crippen LogP) is 5.83. The second kappa shape index (κ2) is 9.04. The van der Waals surface area contributed by atoms with Crippen LogP contribution in [0.4, 0.5) is 5.69 Å². The number of nitrogens with zero attached hydrogens (tertiary/aromatic N) is 4. The van der Waals surface area contributed by atoms with Crippen LogP contribution in [0.15, 0.2) is 66.0 Å². The van der Waals surface area contributed by atoms with Gasteiger partial charge in [0.25, 0.3) is 5.91 Å². The van der Waals surface area contributed by atoms with Crippen LogP contribution in [0.2, 0.25) is 5.02 Å². The summed E-state index contributed by atoms with van der Waals surface area (Å²) in [7, 11) is 0. The molecule has 1 saturated heterocycles. The van der Waals surface area contributed by atoms with E-state index in [1.165, 1.54) is 5.56 Å². The number of hydrogen-bond acceptors (Lipinski definition) is 4. The average Bonchev–Trinajstić information content (AvgIpc) is 3.49. The van der Waals surface area contributed by atoms with Gasteiger partial charge in [-0.2, -0.15) is 5.10 Å². The number of aromatic nitrogens is 2. The number of piperazine rings is 1. The molecular formula is C26H25ClN4OS. The first kappa shape index (κ1) is 21.7. The van der Waals surface area contributed by atoms with Crippen LogP contribution in [0.3, 0.4) is 0 Å². The van der Waals surface area contributed by atoms with Crippen molar-refractivity contribution in [2.75, 3.05) is 31.1 Å². The van der Waals surface area contributed by atoms with Gasteiger partial charge in [-0.25, -0.2) is 4.68 Å². The van der Waals surface area contributed by atoms with E-state index in [-0.39, 0.29) is 5.91 Å². The van der Waals surface area contributed by atoms with Crippen LogP contribution in [0.25, 0.3) is 16.3 Å². The Bertz CT molecular complexity index is 1290. The number of anilines is 1. The molecule has 1 aliphatic heterocycles. The van der Waals surface area contributed by atoms with Gasteiger partial charge in [0.05, 0.1) is 10.6 Å². The van der Waals surface area contributed by atoms with Crippen LogP contribution in [0.1, 0.15) is 21.6 Å². The Kier molecular flexibility index (Phi) is 5.96. The van der Waals surface area contributed by atoms with E-state index in [2.05, 4.69) is 36.9 Å². The summed E-state index contributed by atoms with van der Waals surface area (Å²) in [5.41, 5.74) is 5.73. The first-order valence-electron chi connectivity index (χ1n) is 11.0. The molecule has 5 nitrogen and oxygen atoms in total. The number of hydrogen-bond donors (Lipinski definition) is 0. The predicted molar refractivity (Wildman–Crippen MR) is 136 cm³/mol. The van der Waals surface area contributed by atoms with Crippen LogP contribution in [0.5, 0.6) is 0 Å². The number of carbonyl (C=O) groups excluding carboxylic acids is 1. The summed E-state index contributed by atoms with van der Waals surface area (Å²) >= 11 is 7.79. The first-order valence-corrected chi connectivity index (χ1v) is 12.3. The molecule has 0 saturated carbocycles. The number of amides is 1. The van der Waals surface area contributed by atoms with Gasteiger partial charge in [0.2, 0.25) is 0 Å². The maximum Gasteiger partial charge on any atom is 0.272 e. The van der Waals surface area contributed by atoms with Crippen molar-refractivity contribution in [2.45, 2.75) is 13.8 Å². The molecule has 4 aromatic rings. The van der Waals surface area contributed by atoms with Gasteiger partial charge in [0, 0.05) is 36.9 Å². The molecule has 0 spiro atoms. The molecule has 3 heterocycles. The summed E-state index contributed by atoms with van der Waals surface area (Å²) in [6, 6.07) is 20.1. The van der Waals surface area contributed by atoms with Crippen molar-refractivity contribution >= 4 is 34.5 Å². The molecule has 5 rings (SSSR count). The monoisotopic (exact) mass is 476 g/mol. The molecule has 168 valence electrons. The van der Waals surface area contributed by atoms with Gasteiger partial charge in [-0.3, -0.25) is 4.79 Å². The summed E-state index contributed by atoms with van der Waals surface area (Å²) < 4.78 is 1.81. The van der Waals surface area contributed by atoms with Gasteiger partial charge >= 0.3 is 0 Å². The van der Waals surface area contributed by atoms with Gasteiger partial charge in [-0.1, -0.05) is 41.4 Å². The van der Waals surface area contributed by atoms with Crippen molar-refractivity contribution in [3.63, 3.8) is 0 Å². The maximum absolute atomic E-state index is 13.7. The fourth-order valence-electron chi connectivity index (χ4n) is 4.31. The van der Waals surface area contributed by atoms with Crippen LogP contribution in [-0.2, 0) is 0 Å². The maximum atomic E-state index is 13.7. The lowest BCUT2D eigenvalue weighted by Gasteiger charge is -2.36. The quantitative estimate of drug-likeness (QED) is 0.372. The molecule has 2 aromatic carbocycles. The minimum absolute atomic E-state index is 0.0102. The van der Waals surface area contributed by atoms with E-state index in [0.717, 1.165) is 45.6 Å². The smallest absolute Gasteiger partial charge is 0.272 e. The summed E-state index contributed by atoms with van der Waals surface area (Å²) in [5.74, 6) is 0.0102. The molecule has 0 N–H and O–H groups in total. The van der Waals surface area contributed by atoms with E-state index in [1.807, 2.05) is 57.4 Å². The Morgan fingerprint density at radius 3 is 2.48 bits per heavy atom. The van der Waals surface area contributed by atoms with E-state index < -0.39 is 0 Å². The van der Waals surface area contributed by atoms with Crippen molar-refractivity contribution in [1.29, 1.82) is 0 Å². The van der Waals surface area contributed by atoms with Crippen molar-refractivity contribution in [3.05, 3.63) is 87.9 Å². The van der Waals surface area contributed by atoms with Gasteiger partial charge in [-0.05, 0) is 61.2 Å². The average molecular weight is 477 g/mol. The third-order valence-corrected chi connectivity index (χ3v) is 7.15. The molecule has 1 amide bonds. The third-order valence-electron chi connectivity index (χ3n) is 6.02. The Balaban J connectivity index is 1.44. The summed E-state index contributed by atoms with van der Waals surface area (Å²) in [4.78, 5) is 18.9. The number of rotatable bonds is 4. The van der Waals surface area contributed by atoms with E-state index in [4.69, 9.17) is 16.7 Å². The number of aryl methyl sites for hydroxylation is 2. The highest BCUT2D eigenvalue weighted by molar-refractivity contribution is 7.13. The lowest BCUT2D eigenvalue weighted by Crippen LogP contribution is -2.49. The standard InChI is InChI=1S/C26H25ClN4OS/c1-18-8-9-23(19(2)15-18)31-24(17-22(28-31)25-7-4-14-33-25)26(32)30-12-10-29(11-13-30)21-6-3-5-20(27)16-21/h3-9,14-17H,10-13H2,1-2H3. The Morgan fingerprint density at radius 2 is 1.79 bits per heavy atom. The van der Waals surface area contributed by atoms with Gasteiger partial charge < -0.3 is 9.80 Å². The highest BCUT2D eigenvalue weighted by Gasteiger charge is 2.27. The van der Waals surface area contributed by atoms with E-state index in [9.17, 15) is 4.79 Å². The summed E-state index contributed by atoms with van der Waals surface area (Å²) in [6.45, 7) is 6.97. The Hall–Kier alpha value is -3.09. The normalized spacial score (nSPS) is 14.0. The number of halogens is 1. The zero-order valence-corrected chi connectivity index (χ0v) is 20.2. The van der Waals surface area contributed by atoms with Crippen molar-refractivity contribution in [1.82, 2.24) is 14.7 Å².